The summed E-state index contributed by atoms with van der Waals surface area (Å²) in [7, 11) is 4.59. The van der Waals surface area contributed by atoms with Crippen molar-refractivity contribution >= 4 is 17.9 Å². The Hall–Kier alpha value is -3.27. The third-order valence-corrected chi connectivity index (χ3v) is 11.6. The minimum atomic E-state index is -0.271. The molecule has 0 saturated carbocycles. The Morgan fingerprint density at radius 2 is 1.24 bits per heavy atom. The molecule has 0 N–H and O–H groups in total. The van der Waals surface area contributed by atoms with Crippen molar-refractivity contribution in [2.75, 3.05) is 21.3 Å². The molecule has 0 aliphatic carbocycles. The molecular weight excluding hydrogens is 793 g/mol. The maximum atomic E-state index is 11.5. The van der Waals surface area contributed by atoms with Crippen LogP contribution in [-0.2, 0) is 42.8 Å². The number of carbonyl (C=O) groups excluding carboxylic acids is 3. The molecule has 2 fully saturated rings. The zero-order valence-corrected chi connectivity index (χ0v) is 42.9. The van der Waals surface area contributed by atoms with Gasteiger partial charge in [-0.1, -0.05) is 80.2 Å². The van der Waals surface area contributed by atoms with Gasteiger partial charge in [0.25, 0.3) is 0 Å². The summed E-state index contributed by atoms with van der Waals surface area (Å²) in [5.41, 5.74) is 6.20. The summed E-state index contributed by atoms with van der Waals surface area (Å²) in [6, 6.07) is 0. The molecule has 2 heterocycles. The average Bonchev–Trinajstić information content (AvgIpc) is 4.09. The van der Waals surface area contributed by atoms with Gasteiger partial charge in [0.1, 0.15) is 0 Å². The van der Waals surface area contributed by atoms with Gasteiger partial charge in [0.2, 0.25) is 0 Å². The third-order valence-electron chi connectivity index (χ3n) is 11.6. The van der Waals surface area contributed by atoms with E-state index in [2.05, 4.69) is 83.1 Å². The maximum Gasteiger partial charge on any atom is 0.331 e. The molecule has 4 atom stereocenters. The van der Waals surface area contributed by atoms with Gasteiger partial charge >= 0.3 is 17.9 Å². The molecule has 0 aromatic carbocycles. The van der Waals surface area contributed by atoms with Crippen molar-refractivity contribution in [3.63, 3.8) is 0 Å². The lowest BCUT2D eigenvalue weighted by molar-refractivity contribution is -0.141. The minimum absolute atomic E-state index is 0.0222. The number of allylic oxidation sites excluding steroid dienone is 9. The average molecular weight is 885 g/mol. The first-order valence-electron chi connectivity index (χ1n) is 23.9. The van der Waals surface area contributed by atoms with Gasteiger partial charge in [-0.15, -0.1) is 0 Å². The number of esters is 3. The Morgan fingerprint density at radius 1 is 0.746 bits per heavy atom. The number of methoxy groups -OCH3 is 3. The largest absolute Gasteiger partial charge is 0.466 e. The summed E-state index contributed by atoms with van der Waals surface area (Å²) >= 11 is 0. The van der Waals surface area contributed by atoms with Gasteiger partial charge in [0, 0.05) is 25.3 Å². The summed E-state index contributed by atoms with van der Waals surface area (Å²) in [6.07, 6.45) is 32.5. The molecule has 0 bridgehead atoms. The predicted octanol–water partition coefficient (Wildman–Crippen LogP) is 13.8. The van der Waals surface area contributed by atoms with E-state index in [0.717, 1.165) is 80.9 Å². The number of hydrogen-bond donors (Lipinski definition) is 0. The molecule has 9 heteroatoms. The smallest absolute Gasteiger partial charge is 0.331 e. The van der Waals surface area contributed by atoms with E-state index in [-0.39, 0.29) is 35.2 Å². The molecule has 362 valence electrons. The maximum absolute atomic E-state index is 11.5. The van der Waals surface area contributed by atoms with Crippen LogP contribution in [-0.4, -0.2) is 74.9 Å². The summed E-state index contributed by atoms with van der Waals surface area (Å²) in [5.74, 6) is -0.161. The second-order valence-corrected chi connectivity index (χ2v) is 18.9. The molecule has 0 amide bonds. The van der Waals surface area contributed by atoms with E-state index in [1.165, 1.54) is 63.9 Å². The van der Waals surface area contributed by atoms with Crippen LogP contribution in [0.1, 0.15) is 193 Å². The quantitative estimate of drug-likeness (QED) is 0.0189. The van der Waals surface area contributed by atoms with Crippen molar-refractivity contribution in [3.05, 3.63) is 70.4 Å². The zero-order chi connectivity index (χ0) is 48.0. The molecule has 0 aromatic rings. The number of epoxide rings is 2. The van der Waals surface area contributed by atoms with Gasteiger partial charge in [0.15, 0.2) is 0 Å². The number of hydrogen-bond acceptors (Lipinski definition) is 9. The summed E-state index contributed by atoms with van der Waals surface area (Å²) in [6.45, 7) is 27.0. The summed E-state index contributed by atoms with van der Waals surface area (Å²) in [4.78, 5) is 33.7. The topological polar surface area (TPSA) is 113 Å². The van der Waals surface area contributed by atoms with Crippen LogP contribution in [0.4, 0.5) is 0 Å². The van der Waals surface area contributed by atoms with E-state index in [0.29, 0.717) is 24.2 Å². The fraction of sp³-hybridized carbons (Fsp3) is 0.722. The molecule has 2 saturated heterocycles. The molecular formula is C54H92O9. The number of rotatable bonds is 28. The Bertz CT molecular complexity index is 1510. The SMILES string of the molecule is CC/C(=C\CC/C(C)=C/C(=O)OC)CCCC1OC1(C)C.CC/C(=C\CC/C(C)=C/C(=O)OC)CCCC1OC1C.COC(C)(C)CCCC(C)C/C=C/C(C)=C/C(=O)OC(C)C. The Labute approximate surface area is 385 Å². The van der Waals surface area contributed by atoms with E-state index < -0.39 is 0 Å². The minimum Gasteiger partial charge on any atom is -0.466 e. The van der Waals surface area contributed by atoms with Crippen molar-refractivity contribution < 1.29 is 42.8 Å². The fourth-order valence-electron chi connectivity index (χ4n) is 6.92. The van der Waals surface area contributed by atoms with E-state index in [9.17, 15) is 14.4 Å². The molecule has 9 nitrogen and oxygen atoms in total. The highest BCUT2D eigenvalue weighted by Gasteiger charge is 2.46. The van der Waals surface area contributed by atoms with Crippen molar-refractivity contribution in [2.24, 2.45) is 5.92 Å². The van der Waals surface area contributed by atoms with Gasteiger partial charge < -0.3 is 28.4 Å². The molecule has 2 aliphatic rings. The van der Waals surface area contributed by atoms with Crippen molar-refractivity contribution in [1.29, 1.82) is 0 Å². The van der Waals surface area contributed by atoms with Crippen LogP contribution >= 0.6 is 0 Å². The molecule has 4 unspecified atom stereocenters. The van der Waals surface area contributed by atoms with E-state index in [4.69, 9.17) is 18.9 Å². The predicted molar refractivity (Wildman–Crippen MR) is 261 cm³/mol. The van der Waals surface area contributed by atoms with Crippen molar-refractivity contribution in [2.45, 2.75) is 228 Å². The first-order chi connectivity index (χ1) is 29.6. The second-order valence-electron chi connectivity index (χ2n) is 18.9. The van der Waals surface area contributed by atoms with Gasteiger partial charge in [-0.2, -0.15) is 0 Å². The lowest BCUT2D eigenvalue weighted by Crippen LogP contribution is -2.22. The van der Waals surface area contributed by atoms with Crippen LogP contribution < -0.4 is 0 Å². The Kier molecular flexibility index (Phi) is 31.5. The van der Waals surface area contributed by atoms with Crippen LogP contribution in [0.15, 0.2) is 70.4 Å². The molecule has 0 spiro atoms. The molecule has 2 rings (SSSR count). The highest BCUT2D eigenvalue weighted by Crippen LogP contribution is 2.39. The van der Waals surface area contributed by atoms with Gasteiger partial charge in [-0.3, -0.25) is 0 Å². The van der Waals surface area contributed by atoms with Crippen molar-refractivity contribution in [3.8, 4) is 0 Å². The summed E-state index contributed by atoms with van der Waals surface area (Å²) < 4.78 is 30.8. The van der Waals surface area contributed by atoms with Crippen LogP contribution in [0.3, 0.4) is 0 Å². The zero-order valence-electron chi connectivity index (χ0n) is 42.9. The van der Waals surface area contributed by atoms with E-state index in [1.54, 1.807) is 25.3 Å². The summed E-state index contributed by atoms with van der Waals surface area (Å²) in [5, 5.41) is 0. The highest BCUT2D eigenvalue weighted by atomic mass is 16.6. The lowest BCUT2D eigenvalue weighted by Gasteiger charge is -2.23. The third kappa shape index (κ3) is 33.0. The van der Waals surface area contributed by atoms with E-state index in [1.807, 2.05) is 40.7 Å². The Morgan fingerprint density at radius 3 is 1.65 bits per heavy atom. The van der Waals surface area contributed by atoms with Crippen LogP contribution in [0.5, 0.6) is 0 Å². The number of carbonyl (C=O) groups is 3. The van der Waals surface area contributed by atoms with Gasteiger partial charge in [0.05, 0.1) is 49.8 Å². The normalized spacial score (nSPS) is 19.4. The monoisotopic (exact) mass is 885 g/mol. The second kappa shape index (κ2) is 33.2. The molecule has 63 heavy (non-hydrogen) atoms. The highest BCUT2D eigenvalue weighted by molar-refractivity contribution is 5.83. The van der Waals surface area contributed by atoms with E-state index >= 15 is 0 Å². The van der Waals surface area contributed by atoms with Gasteiger partial charge in [-0.05, 0) is 171 Å². The van der Waals surface area contributed by atoms with Crippen LogP contribution in [0, 0.1) is 5.92 Å². The fourth-order valence-corrected chi connectivity index (χ4v) is 6.92. The molecule has 0 radical (unpaired) electrons. The first-order valence-corrected chi connectivity index (χ1v) is 23.9. The van der Waals surface area contributed by atoms with Crippen LogP contribution in [0.2, 0.25) is 0 Å². The molecule has 0 aromatic heterocycles. The molecule has 2 aliphatic heterocycles. The first kappa shape index (κ1) is 59.7. The van der Waals surface area contributed by atoms with Gasteiger partial charge in [-0.25, -0.2) is 14.4 Å². The Balaban J connectivity index is 0.000000916. The number of ether oxygens (including phenoxy) is 6. The lowest BCUT2D eigenvalue weighted by atomic mass is 9.95. The van der Waals surface area contributed by atoms with Crippen molar-refractivity contribution in [1.82, 2.24) is 0 Å². The standard InChI is InChI=1S/C19H34O3.C18H30O3.C17H28O3/c1-15(2)22-18(20)14-17(4)11-8-10-16(3)12-9-13-19(5,6)21-7;1-6-15(11-8-12-16-18(3,4)21-16)10-7-9-14(2)13-17(19)20-5;1-5-15(10-7-11-16-14(3)20-16)9-6-8-13(2)12-17(18)19-4/h8,11,14-16H,9-10,12-13H2,1-7H3;10,13,16H,6-9,11-12H2,1-5H3;9,12,14,16H,5-8,10-11H2,1-4H3/b11-8+,17-14+;14-13+,15-10+;13-12+,15-9+. The van der Waals surface area contributed by atoms with Crippen LogP contribution in [0.25, 0.3) is 0 Å².